The number of carbonyl (C=O) groups is 2. The SMILES string of the molecule is CC(C)CCOc1cccc(C2C3=C(OC4CCCCC4C3=O)C(=O)N2Cc2ccco2)c1. The third-order valence-corrected chi connectivity index (χ3v) is 6.90. The molecular formula is C27H31NO5. The van der Waals surface area contributed by atoms with Crippen molar-refractivity contribution in [1.29, 1.82) is 0 Å². The molecule has 3 aliphatic rings. The van der Waals surface area contributed by atoms with E-state index in [1.165, 1.54) is 0 Å². The Hall–Kier alpha value is -3.02. The third-order valence-electron chi connectivity index (χ3n) is 6.90. The molecule has 0 spiro atoms. The van der Waals surface area contributed by atoms with E-state index in [0.717, 1.165) is 43.4 Å². The summed E-state index contributed by atoms with van der Waals surface area (Å²) in [5, 5.41) is 0. The van der Waals surface area contributed by atoms with Gasteiger partial charge in [0, 0.05) is 0 Å². The molecule has 3 atom stereocenters. The Kier molecular flexibility index (Phi) is 6.00. The van der Waals surface area contributed by atoms with Crippen molar-refractivity contribution in [2.24, 2.45) is 11.8 Å². The average molecular weight is 450 g/mol. The standard InChI is InChI=1S/C27H31NO5/c1-17(2)12-14-32-19-8-5-7-18(15-19)24-23-25(29)21-10-3-4-11-22(21)33-26(23)27(30)28(24)16-20-9-6-13-31-20/h5-9,13,15,17,21-22,24H,3-4,10-12,14,16H2,1-2H3. The molecule has 2 aliphatic heterocycles. The smallest absolute Gasteiger partial charge is 0.290 e. The Morgan fingerprint density at radius 3 is 2.76 bits per heavy atom. The van der Waals surface area contributed by atoms with E-state index >= 15 is 0 Å². The van der Waals surface area contributed by atoms with Crippen molar-refractivity contribution in [3.05, 3.63) is 65.3 Å². The summed E-state index contributed by atoms with van der Waals surface area (Å²) < 4.78 is 17.7. The Labute approximate surface area is 194 Å². The van der Waals surface area contributed by atoms with Crippen LogP contribution in [-0.4, -0.2) is 29.3 Å². The molecule has 1 amide bonds. The van der Waals surface area contributed by atoms with Crippen LogP contribution in [-0.2, 0) is 20.9 Å². The van der Waals surface area contributed by atoms with Gasteiger partial charge < -0.3 is 18.8 Å². The van der Waals surface area contributed by atoms with E-state index in [4.69, 9.17) is 13.9 Å². The molecule has 3 unspecified atom stereocenters. The van der Waals surface area contributed by atoms with E-state index in [1.807, 2.05) is 30.3 Å². The van der Waals surface area contributed by atoms with Crippen molar-refractivity contribution in [1.82, 2.24) is 4.90 Å². The van der Waals surface area contributed by atoms with Crippen molar-refractivity contribution in [2.45, 2.75) is 64.6 Å². The lowest BCUT2D eigenvalue weighted by atomic mass is 9.77. The molecule has 0 bridgehead atoms. The molecule has 2 aromatic rings. The largest absolute Gasteiger partial charge is 0.494 e. The maximum Gasteiger partial charge on any atom is 0.290 e. The van der Waals surface area contributed by atoms with Crippen LogP contribution in [0.15, 0.2) is 58.4 Å². The zero-order valence-electron chi connectivity index (χ0n) is 19.3. The van der Waals surface area contributed by atoms with E-state index < -0.39 is 6.04 Å². The van der Waals surface area contributed by atoms with Crippen LogP contribution in [0.25, 0.3) is 0 Å². The van der Waals surface area contributed by atoms with Gasteiger partial charge in [0.2, 0.25) is 0 Å². The fraction of sp³-hybridized carbons (Fsp3) is 0.481. The van der Waals surface area contributed by atoms with Gasteiger partial charge in [-0.3, -0.25) is 9.59 Å². The van der Waals surface area contributed by atoms with E-state index in [-0.39, 0.29) is 36.0 Å². The highest BCUT2D eigenvalue weighted by molar-refractivity contribution is 6.11. The molecule has 33 heavy (non-hydrogen) atoms. The number of Topliss-reactive ketones (excluding diaryl/α,β-unsaturated/α-hetero) is 1. The van der Waals surface area contributed by atoms with Gasteiger partial charge in [0.25, 0.3) is 5.91 Å². The first kappa shape index (κ1) is 21.8. The van der Waals surface area contributed by atoms with Gasteiger partial charge in [0.15, 0.2) is 11.5 Å². The molecule has 5 rings (SSSR count). The first-order valence-corrected chi connectivity index (χ1v) is 12.0. The normalized spacial score (nSPS) is 24.7. The maximum absolute atomic E-state index is 13.7. The lowest BCUT2D eigenvalue weighted by Gasteiger charge is -2.35. The lowest BCUT2D eigenvalue weighted by Crippen LogP contribution is -2.39. The number of fused-ring (bicyclic) bond motifs is 1. The maximum atomic E-state index is 13.7. The molecule has 3 heterocycles. The number of hydrogen-bond donors (Lipinski definition) is 0. The summed E-state index contributed by atoms with van der Waals surface area (Å²) >= 11 is 0. The molecule has 1 aliphatic carbocycles. The monoisotopic (exact) mass is 449 g/mol. The van der Waals surface area contributed by atoms with Crippen LogP contribution < -0.4 is 4.74 Å². The van der Waals surface area contributed by atoms with Gasteiger partial charge in [-0.2, -0.15) is 0 Å². The van der Waals surface area contributed by atoms with Crippen molar-refractivity contribution in [2.75, 3.05) is 6.61 Å². The van der Waals surface area contributed by atoms with Gasteiger partial charge in [-0.25, -0.2) is 0 Å². The second-order valence-electron chi connectivity index (χ2n) is 9.67. The number of hydrogen-bond acceptors (Lipinski definition) is 5. The predicted molar refractivity (Wildman–Crippen MR) is 122 cm³/mol. The minimum atomic E-state index is -0.512. The van der Waals surface area contributed by atoms with Crippen molar-refractivity contribution < 1.29 is 23.5 Å². The molecule has 0 radical (unpaired) electrons. The summed E-state index contributed by atoms with van der Waals surface area (Å²) in [6, 6.07) is 10.9. The fourth-order valence-corrected chi connectivity index (χ4v) is 5.16. The Balaban J connectivity index is 1.51. The molecule has 174 valence electrons. The Morgan fingerprint density at radius 2 is 1.97 bits per heavy atom. The second-order valence-corrected chi connectivity index (χ2v) is 9.67. The molecule has 1 fully saturated rings. The van der Waals surface area contributed by atoms with E-state index in [2.05, 4.69) is 13.8 Å². The first-order valence-electron chi connectivity index (χ1n) is 12.0. The second kappa shape index (κ2) is 9.08. The van der Waals surface area contributed by atoms with Crippen molar-refractivity contribution >= 4 is 11.7 Å². The number of carbonyl (C=O) groups excluding carboxylic acids is 2. The number of amides is 1. The van der Waals surface area contributed by atoms with Crippen LogP contribution in [0.3, 0.4) is 0 Å². The summed E-state index contributed by atoms with van der Waals surface area (Å²) in [6.07, 6.45) is 6.05. The number of ether oxygens (including phenoxy) is 2. The van der Waals surface area contributed by atoms with Crippen LogP contribution in [0.4, 0.5) is 0 Å². The van der Waals surface area contributed by atoms with Gasteiger partial charge >= 0.3 is 0 Å². The van der Waals surface area contributed by atoms with E-state index in [0.29, 0.717) is 23.9 Å². The number of furan rings is 1. The molecule has 1 saturated carbocycles. The number of benzene rings is 1. The molecular weight excluding hydrogens is 418 g/mol. The van der Waals surface area contributed by atoms with Gasteiger partial charge in [0.05, 0.1) is 36.9 Å². The van der Waals surface area contributed by atoms with Gasteiger partial charge in [0.1, 0.15) is 17.6 Å². The minimum absolute atomic E-state index is 0.0624. The van der Waals surface area contributed by atoms with Crippen molar-refractivity contribution in [3.8, 4) is 5.75 Å². The third kappa shape index (κ3) is 4.19. The number of rotatable bonds is 7. The topological polar surface area (TPSA) is 69.0 Å². The molecule has 0 N–H and O–H groups in total. The summed E-state index contributed by atoms with van der Waals surface area (Å²) in [5.74, 6) is 1.85. The zero-order valence-corrected chi connectivity index (χ0v) is 19.3. The predicted octanol–water partition coefficient (Wildman–Crippen LogP) is 5.20. The quantitative estimate of drug-likeness (QED) is 0.581. The van der Waals surface area contributed by atoms with Gasteiger partial charge in [-0.05, 0) is 61.4 Å². The van der Waals surface area contributed by atoms with Gasteiger partial charge in [-0.15, -0.1) is 0 Å². The molecule has 1 aromatic heterocycles. The summed E-state index contributed by atoms with van der Waals surface area (Å²) in [5.41, 5.74) is 1.35. The number of ketones is 1. The van der Waals surface area contributed by atoms with E-state index in [9.17, 15) is 9.59 Å². The van der Waals surface area contributed by atoms with Gasteiger partial charge in [-0.1, -0.05) is 32.4 Å². The summed E-state index contributed by atoms with van der Waals surface area (Å²) in [6.45, 7) is 5.23. The fourth-order valence-electron chi connectivity index (χ4n) is 5.16. The highest BCUT2D eigenvalue weighted by Gasteiger charge is 2.52. The highest BCUT2D eigenvalue weighted by atomic mass is 16.5. The van der Waals surface area contributed by atoms with Crippen LogP contribution in [0.5, 0.6) is 5.75 Å². The molecule has 0 saturated heterocycles. The molecule has 1 aromatic carbocycles. The Morgan fingerprint density at radius 1 is 1.12 bits per heavy atom. The summed E-state index contributed by atoms with van der Waals surface area (Å²) in [4.78, 5) is 28.9. The number of nitrogens with zero attached hydrogens (tertiary/aromatic N) is 1. The Bertz CT molecular complexity index is 1050. The first-order chi connectivity index (χ1) is 16.0. The van der Waals surface area contributed by atoms with Crippen molar-refractivity contribution in [3.63, 3.8) is 0 Å². The average Bonchev–Trinajstić information content (AvgIpc) is 3.41. The zero-order chi connectivity index (χ0) is 22.9. The van der Waals surface area contributed by atoms with Crippen LogP contribution in [0.2, 0.25) is 0 Å². The molecule has 6 nitrogen and oxygen atoms in total. The van der Waals surface area contributed by atoms with E-state index in [1.54, 1.807) is 17.2 Å². The highest BCUT2D eigenvalue weighted by Crippen LogP contribution is 2.47. The van der Waals surface area contributed by atoms with Crippen LogP contribution in [0, 0.1) is 11.8 Å². The molecule has 6 heteroatoms. The van der Waals surface area contributed by atoms with Crippen LogP contribution >= 0.6 is 0 Å². The minimum Gasteiger partial charge on any atom is -0.494 e. The lowest BCUT2D eigenvalue weighted by molar-refractivity contribution is -0.135. The summed E-state index contributed by atoms with van der Waals surface area (Å²) in [7, 11) is 0. The van der Waals surface area contributed by atoms with Crippen LogP contribution in [0.1, 0.15) is 63.3 Å².